The molecule has 2 N–H and O–H groups in total. The smallest absolute Gasteiger partial charge is 0.236 e. The molecular formula is C14H27N3O2. The fourth-order valence-corrected chi connectivity index (χ4v) is 3.17. The Balaban J connectivity index is 1.76. The predicted molar refractivity (Wildman–Crippen MR) is 75.0 cm³/mol. The number of hydrogen-bond acceptors (Lipinski definition) is 4. The van der Waals surface area contributed by atoms with Crippen LogP contribution >= 0.6 is 0 Å². The number of hydrogen-bond donors (Lipinski definition) is 2. The van der Waals surface area contributed by atoms with E-state index in [0.29, 0.717) is 13.1 Å². The third kappa shape index (κ3) is 4.44. The minimum absolute atomic E-state index is 0.184. The summed E-state index contributed by atoms with van der Waals surface area (Å²) in [5.41, 5.74) is -0.573. The molecule has 2 fully saturated rings. The number of aliphatic hydroxyl groups is 1. The van der Waals surface area contributed by atoms with Crippen LogP contribution in [0.1, 0.15) is 32.1 Å². The molecule has 0 aromatic rings. The van der Waals surface area contributed by atoms with E-state index in [1.807, 2.05) is 16.8 Å². The minimum atomic E-state index is -0.573. The zero-order chi connectivity index (χ0) is 13.7. The summed E-state index contributed by atoms with van der Waals surface area (Å²) in [5.74, 6) is 0.184. The van der Waals surface area contributed by atoms with Crippen molar-refractivity contribution in [2.75, 3.05) is 46.3 Å². The molecule has 0 aromatic carbocycles. The molecule has 19 heavy (non-hydrogen) atoms. The SMILES string of the molecule is CN(CC(=O)N1CCNCC1)CC1(O)CCCCC1. The van der Waals surface area contributed by atoms with Crippen molar-refractivity contribution in [1.82, 2.24) is 15.1 Å². The summed E-state index contributed by atoms with van der Waals surface area (Å²) in [6.45, 7) is 4.42. The molecular weight excluding hydrogens is 242 g/mol. The van der Waals surface area contributed by atoms with Crippen molar-refractivity contribution < 1.29 is 9.90 Å². The average molecular weight is 269 g/mol. The molecule has 5 nitrogen and oxygen atoms in total. The molecule has 0 atom stereocenters. The number of carbonyl (C=O) groups excluding carboxylic acids is 1. The summed E-state index contributed by atoms with van der Waals surface area (Å²) >= 11 is 0. The number of carbonyl (C=O) groups is 1. The van der Waals surface area contributed by atoms with Crippen LogP contribution in [0.3, 0.4) is 0 Å². The van der Waals surface area contributed by atoms with E-state index in [4.69, 9.17) is 0 Å². The topological polar surface area (TPSA) is 55.8 Å². The van der Waals surface area contributed by atoms with Crippen LogP contribution in [0, 0.1) is 0 Å². The van der Waals surface area contributed by atoms with Crippen LogP contribution < -0.4 is 5.32 Å². The second-order valence-electron chi connectivity index (χ2n) is 6.09. The van der Waals surface area contributed by atoms with Crippen molar-refractivity contribution in [2.45, 2.75) is 37.7 Å². The van der Waals surface area contributed by atoms with Crippen molar-refractivity contribution in [2.24, 2.45) is 0 Å². The fraction of sp³-hybridized carbons (Fsp3) is 0.929. The second kappa shape index (κ2) is 6.68. The second-order valence-corrected chi connectivity index (χ2v) is 6.09. The number of nitrogens with one attached hydrogen (secondary N) is 1. The largest absolute Gasteiger partial charge is 0.389 e. The molecule has 0 spiro atoms. The lowest BCUT2D eigenvalue weighted by atomic mass is 9.84. The van der Waals surface area contributed by atoms with Crippen molar-refractivity contribution in [3.63, 3.8) is 0 Å². The van der Waals surface area contributed by atoms with Crippen molar-refractivity contribution >= 4 is 5.91 Å². The van der Waals surface area contributed by atoms with E-state index in [0.717, 1.165) is 51.9 Å². The van der Waals surface area contributed by atoms with Crippen molar-refractivity contribution in [3.8, 4) is 0 Å². The maximum atomic E-state index is 12.1. The van der Waals surface area contributed by atoms with E-state index < -0.39 is 5.60 Å². The first kappa shape index (κ1) is 14.8. The highest BCUT2D eigenvalue weighted by Crippen LogP contribution is 2.28. The molecule has 1 heterocycles. The van der Waals surface area contributed by atoms with Crippen molar-refractivity contribution in [3.05, 3.63) is 0 Å². The highest BCUT2D eigenvalue weighted by Gasteiger charge is 2.31. The van der Waals surface area contributed by atoms with E-state index in [-0.39, 0.29) is 5.91 Å². The Labute approximate surface area is 115 Å². The van der Waals surface area contributed by atoms with Gasteiger partial charge in [0.25, 0.3) is 0 Å². The lowest BCUT2D eigenvalue weighted by molar-refractivity contribution is -0.133. The number of nitrogens with zero attached hydrogens (tertiary/aromatic N) is 2. The molecule has 1 aliphatic heterocycles. The van der Waals surface area contributed by atoms with Crippen LogP contribution in [0.4, 0.5) is 0 Å². The predicted octanol–water partition coefficient (Wildman–Crippen LogP) is 0.0452. The van der Waals surface area contributed by atoms with E-state index in [1.165, 1.54) is 6.42 Å². The average Bonchev–Trinajstić information content (AvgIpc) is 2.39. The Morgan fingerprint density at radius 2 is 1.89 bits per heavy atom. The summed E-state index contributed by atoms with van der Waals surface area (Å²) in [4.78, 5) is 16.0. The van der Waals surface area contributed by atoms with Crippen LogP contribution in [-0.4, -0.2) is 72.7 Å². The van der Waals surface area contributed by atoms with Gasteiger partial charge in [0, 0.05) is 32.7 Å². The molecule has 110 valence electrons. The lowest BCUT2D eigenvalue weighted by Crippen LogP contribution is -2.51. The third-order valence-electron chi connectivity index (χ3n) is 4.22. The van der Waals surface area contributed by atoms with Gasteiger partial charge in [-0.05, 0) is 19.9 Å². The summed E-state index contributed by atoms with van der Waals surface area (Å²) in [5, 5.41) is 13.7. The highest BCUT2D eigenvalue weighted by molar-refractivity contribution is 5.78. The van der Waals surface area contributed by atoms with Gasteiger partial charge in [0.15, 0.2) is 0 Å². The molecule has 0 radical (unpaired) electrons. The van der Waals surface area contributed by atoms with Gasteiger partial charge in [-0.3, -0.25) is 9.69 Å². The Bertz CT molecular complexity index is 297. The number of rotatable bonds is 4. The zero-order valence-corrected chi connectivity index (χ0v) is 12.0. The van der Waals surface area contributed by atoms with Crippen LogP contribution in [-0.2, 0) is 4.79 Å². The number of amides is 1. The normalized spacial score (nSPS) is 23.6. The monoisotopic (exact) mass is 269 g/mol. The summed E-state index contributed by atoms with van der Waals surface area (Å²) in [6.07, 6.45) is 5.19. The van der Waals surface area contributed by atoms with Crippen molar-refractivity contribution in [1.29, 1.82) is 0 Å². The van der Waals surface area contributed by atoms with E-state index in [2.05, 4.69) is 5.32 Å². The van der Waals surface area contributed by atoms with E-state index in [9.17, 15) is 9.90 Å². The Kier molecular flexibility index (Phi) is 5.19. The standard InChI is InChI=1S/C14H27N3O2/c1-16(12-14(19)5-3-2-4-6-14)11-13(18)17-9-7-15-8-10-17/h15,19H,2-12H2,1H3. The van der Waals surface area contributed by atoms with Crippen LogP contribution in [0.15, 0.2) is 0 Å². The van der Waals surface area contributed by atoms with Gasteiger partial charge in [-0.15, -0.1) is 0 Å². The summed E-state index contributed by atoms with van der Waals surface area (Å²) < 4.78 is 0. The van der Waals surface area contributed by atoms with E-state index >= 15 is 0 Å². The van der Waals surface area contributed by atoms with Gasteiger partial charge in [0.1, 0.15) is 0 Å². The maximum absolute atomic E-state index is 12.1. The molecule has 2 aliphatic rings. The van der Waals surface area contributed by atoms with Crippen LogP contribution in [0.2, 0.25) is 0 Å². The Morgan fingerprint density at radius 1 is 1.26 bits per heavy atom. The van der Waals surface area contributed by atoms with Gasteiger partial charge in [-0.1, -0.05) is 19.3 Å². The van der Waals surface area contributed by atoms with Gasteiger partial charge in [0.2, 0.25) is 5.91 Å². The fourth-order valence-electron chi connectivity index (χ4n) is 3.17. The molecule has 1 amide bonds. The first-order chi connectivity index (χ1) is 9.09. The first-order valence-corrected chi connectivity index (χ1v) is 7.48. The summed E-state index contributed by atoms with van der Waals surface area (Å²) in [6, 6.07) is 0. The van der Waals surface area contributed by atoms with Gasteiger partial charge in [-0.25, -0.2) is 0 Å². The minimum Gasteiger partial charge on any atom is -0.389 e. The van der Waals surface area contributed by atoms with Crippen LogP contribution in [0.25, 0.3) is 0 Å². The first-order valence-electron chi connectivity index (χ1n) is 7.48. The molecule has 0 aromatic heterocycles. The molecule has 1 saturated carbocycles. The molecule has 1 aliphatic carbocycles. The number of likely N-dealkylation sites (N-methyl/N-ethyl adjacent to an activating group) is 1. The molecule has 0 unspecified atom stereocenters. The quantitative estimate of drug-likeness (QED) is 0.757. The van der Waals surface area contributed by atoms with Gasteiger partial charge in [0.05, 0.1) is 12.1 Å². The molecule has 1 saturated heterocycles. The van der Waals surface area contributed by atoms with Gasteiger partial charge >= 0.3 is 0 Å². The molecule has 5 heteroatoms. The Morgan fingerprint density at radius 3 is 2.53 bits per heavy atom. The Hall–Kier alpha value is -0.650. The van der Waals surface area contributed by atoms with Crippen LogP contribution in [0.5, 0.6) is 0 Å². The van der Waals surface area contributed by atoms with Gasteiger partial charge < -0.3 is 15.3 Å². The van der Waals surface area contributed by atoms with Gasteiger partial charge in [-0.2, -0.15) is 0 Å². The lowest BCUT2D eigenvalue weighted by Gasteiger charge is -2.36. The van der Waals surface area contributed by atoms with E-state index in [1.54, 1.807) is 0 Å². The molecule has 0 bridgehead atoms. The summed E-state index contributed by atoms with van der Waals surface area (Å²) in [7, 11) is 1.94. The maximum Gasteiger partial charge on any atom is 0.236 e. The number of piperazine rings is 1. The third-order valence-corrected chi connectivity index (χ3v) is 4.22. The highest BCUT2D eigenvalue weighted by atomic mass is 16.3. The zero-order valence-electron chi connectivity index (χ0n) is 12.0. The molecule has 2 rings (SSSR count).